The van der Waals surface area contributed by atoms with Crippen LogP contribution >= 0.6 is 0 Å². The first-order valence-corrected chi connectivity index (χ1v) is 7.65. The molecule has 116 valence electrons. The number of benzene rings is 1. The van der Waals surface area contributed by atoms with Crippen molar-refractivity contribution in [2.75, 3.05) is 33.2 Å². The molecular formula is C17H22N4O. The molecular weight excluding hydrogens is 276 g/mol. The van der Waals surface area contributed by atoms with Gasteiger partial charge in [0, 0.05) is 38.6 Å². The maximum Gasteiger partial charge on any atom is 0.261 e. The average molecular weight is 298 g/mol. The van der Waals surface area contributed by atoms with Crippen molar-refractivity contribution in [1.29, 1.82) is 0 Å². The van der Waals surface area contributed by atoms with Gasteiger partial charge in [-0.25, -0.2) is 5.01 Å². The van der Waals surface area contributed by atoms with Crippen LogP contribution in [0.3, 0.4) is 0 Å². The number of rotatable bonds is 4. The Hall–Kier alpha value is -2.11. The zero-order valence-corrected chi connectivity index (χ0v) is 12.9. The van der Waals surface area contributed by atoms with Gasteiger partial charge >= 0.3 is 0 Å². The second-order valence-corrected chi connectivity index (χ2v) is 5.71. The number of hydrogen-bond donors (Lipinski definition) is 1. The average Bonchev–Trinajstić information content (AvgIpc) is 3.05. The maximum absolute atomic E-state index is 12.8. The van der Waals surface area contributed by atoms with Gasteiger partial charge in [-0.15, -0.1) is 0 Å². The highest BCUT2D eigenvalue weighted by molar-refractivity contribution is 5.83. The molecule has 1 aromatic heterocycles. The summed E-state index contributed by atoms with van der Waals surface area (Å²) in [6.45, 7) is 3.66. The normalized spacial score (nSPS) is 18.0. The van der Waals surface area contributed by atoms with E-state index in [0.717, 1.165) is 31.7 Å². The fraction of sp³-hybridized carbons (Fsp3) is 0.353. The summed E-state index contributed by atoms with van der Waals surface area (Å²) in [5.41, 5.74) is 4.06. The van der Waals surface area contributed by atoms with Crippen molar-refractivity contribution in [3.8, 4) is 0 Å². The Morgan fingerprint density at radius 2 is 1.64 bits per heavy atom. The molecule has 1 fully saturated rings. The van der Waals surface area contributed by atoms with Crippen molar-refractivity contribution in [3.05, 3.63) is 60.4 Å². The molecule has 0 aliphatic carbocycles. The van der Waals surface area contributed by atoms with E-state index in [-0.39, 0.29) is 11.9 Å². The molecule has 5 nitrogen and oxygen atoms in total. The summed E-state index contributed by atoms with van der Waals surface area (Å²) in [5.74, 6) is 0.00644. The molecule has 1 aromatic carbocycles. The fourth-order valence-electron chi connectivity index (χ4n) is 2.75. The molecule has 2 heterocycles. The lowest BCUT2D eigenvalue weighted by molar-refractivity contribution is -0.128. The first-order valence-electron chi connectivity index (χ1n) is 7.65. The predicted molar refractivity (Wildman–Crippen MR) is 86.2 cm³/mol. The van der Waals surface area contributed by atoms with Crippen LogP contribution in [-0.4, -0.2) is 53.6 Å². The van der Waals surface area contributed by atoms with Crippen molar-refractivity contribution >= 4 is 5.91 Å². The topological polar surface area (TPSA) is 40.5 Å². The second kappa shape index (κ2) is 6.77. The monoisotopic (exact) mass is 298 g/mol. The molecule has 1 aliphatic rings. The number of aromatic nitrogens is 1. The lowest BCUT2D eigenvalue weighted by atomic mass is 10.1. The number of carbonyl (C=O) groups excluding carboxylic acids is 1. The van der Waals surface area contributed by atoms with E-state index in [2.05, 4.69) is 17.4 Å². The SMILES string of the molecule is CN1CCN(NC(=O)[C@H](c2ccccc2)n2cccc2)CC1. The highest BCUT2D eigenvalue weighted by Gasteiger charge is 2.24. The number of piperazine rings is 1. The summed E-state index contributed by atoms with van der Waals surface area (Å²) >= 11 is 0. The molecule has 1 amide bonds. The van der Waals surface area contributed by atoms with E-state index in [1.807, 2.05) is 64.4 Å². The van der Waals surface area contributed by atoms with E-state index in [1.165, 1.54) is 0 Å². The molecule has 0 saturated carbocycles. The van der Waals surface area contributed by atoms with Crippen LogP contribution < -0.4 is 5.43 Å². The Bertz CT molecular complexity index is 588. The second-order valence-electron chi connectivity index (χ2n) is 5.71. The first-order chi connectivity index (χ1) is 10.7. The van der Waals surface area contributed by atoms with Crippen molar-refractivity contribution < 1.29 is 4.79 Å². The smallest absolute Gasteiger partial charge is 0.261 e. The highest BCUT2D eigenvalue weighted by Crippen LogP contribution is 2.19. The number of carbonyl (C=O) groups is 1. The Kier molecular flexibility index (Phi) is 4.56. The Morgan fingerprint density at radius 3 is 2.27 bits per heavy atom. The van der Waals surface area contributed by atoms with Gasteiger partial charge in [-0.1, -0.05) is 30.3 Å². The van der Waals surface area contributed by atoms with Crippen LogP contribution in [0.1, 0.15) is 11.6 Å². The van der Waals surface area contributed by atoms with E-state index in [0.29, 0.717) is 0 Å². The molecule has 22 heavy (non-hydrogen) atoms. The van der Waals surface area contributed by atoms with E-state index in [1.54, 1.807) is 0 Å². The van der Waals surface area contributed by atoms with Crippen LogP contribution in [0.5, 0.6) is 0 Å². The summed E-state index contributed by atoms with van der Waals surface area (Å²) in [4.78, 5) is 15.1. The quantitative estimate of drug-likeness (QED) is 0.926. The lowest BCUT2D eigenvalue weighted by Gasteiger charge is -2.33. The Morgan fingerprint density at radius 1 is 1.00 bits per heavy atom. The zero-order valence-electron chi connectivity index (χ0n) is 12.9. The molecule has 1 aliphatic heterocycles. The van der Waals surface area contributed by atoms with Crippen LogP contribution in [0.15, 0.2) is 54.9 Å². The van der Waals surface area contributed by atoms with Crippen molar-refractivity contribution in [3.63, 3.8) is 0 Å². The molecule has 1 atom stereocenters. The highest BCUT2D eigenvalue weighted by atomic mass is 16.2. The van der Waals surface area contributed by atoms with Crippen molar-refractivity contribution in [2.24, 2.45) is 0 Å². The van der Waals surface area contributed by atoms with Gasteiger partial charge in [-0.05, 0) is 24.7 Å². The molecule has 0 radical (unpaired) electrons. The third-order valence-electron chi connectivity index (χ3n) is 4.06. The molecule has 0 unspecified atom stereocenters. The van der Waals surface area contributed by atoms with Gasteiger partial charge < -0.3 is 9.47 Å². The van der Waals surface area contributed by atoms with Gasteiger partial charge in [0.1, 0.15) is 6.04 Å². The molecule has 1 N–H and O–H groups in total. The van der Waals surface area contributed by atoms with Gasteiger partial charge in [0.05, 0.1) is 0 Å². The largest absolute Gasteiger partial charge is 0.338 e. The van der Waals surface area contributed by atoms with E-state index >= 15 is 0 Å². The van der Waals surface area contributed by atoms with Gasteiger partial charge in [0.15, 0.2) is 0 Å². The predicted octanol–water partition coefficient (Wildman–Crippen LogP) is 1.36. The lowest BCUT2D eigenvalue weighted by Crippen LogP contribution is -2.53. The van der Waals surface area contributed by atoms with Crippen LogP contribution in [0.4, 0.5) is 0 Å². The molecule has 3 rings (SSSR count). The first kappa shape index (κ1) is 14.8. The van der Waals surface area contributed by atoms with Crippen LogP contribution in [0.25, 0.3) is 0 Å². The standard InChI is InChI=1S/C17H22N4O/c1-19-11-13-21(14-12-19)18-17(22)16(20-9-5-6-10-20)15-7-3-2-4-8-15/h2-10,16H,11-14H2,1H3,(H,18,22)/t16-/m0/s1. The number of hydrogen-bond acceptors (Lipinski definition) is 3. The van der Waals surface area contributed by atoms with Crippen LogP contribution in [0.2, 0.25) is 0 Å². The van der Waals surface area contributed by atoms with Gasteiger partial charge in [0.25, 0.3) is 5.91 Å². The van der Waals surface area contributed by atoms with Gasteiger partial charge in [-0.2, -0.15) is 0 Å². The van der Waals surface area contributed by atoms with E-state index in [4.69, 9.17) is 0 Å². The minimum Gasteiger partial charge on any atom is -0.338 e. The Labute approximate surface area is 131 Å². The minimum atomic E-state index is -0.337. The van der Waals surface area contributed by atoms with Gasteiger partial charge in [0.2, 0.25) is 0 Å². The van der Waals surface area contributed by atoms with Crippen molar-refractivity contribution in [1.82, 2.24) is 19.9 Å². The summed E-state index contributed by atoms with van der Waals surface area (Å²) in [7, 11) is 2.10. The fourth-order valence-corrected chi connectivity index (χ4v) is 2.75. The minimum absolute atomic E-state index is 0.00644. The van der Waals surface area contributed by atoms with Crippen LogP contribution in [0, 0.1) is 0 Å². The van der Waals surface area contributed by atoms with Crippen LogP contribution in [-0.2, 0) is 4.79 Å². The van der Waals surface area contributed by atoms with Gasteiger partial charge in [-0.3, -0.25) is 10.2 Å². The third-order valence-corrected chi connectivity index (χ3v) is 4.06. The summed E-state index contributed by atoms with van der Waals surface area (Å²) in [5, 5.41) is 2.02. The third kappa shape index (κ3) is 3.37. The molecule has 2 aromatic rings. The Balaban J connectivity index is 1.76. The molecule has 1 saturated heterocycles. The van der Waals surface area contributed by atoms with E-state index < -0.39 is 0 Å². The number of nitrogens with one attached hydrogen (secondary N) is 1. The zero-order chi connectivity index (χ0) is 15.4. The summed E-state index contributed by atoms with van der Waals surface area (Å²) in [6, 6.07) is 13.4. The molecule has 0 spiro atoms. The number of likely N-dealkylation sites (N-methyl/N-ethyl adjacent to an activating group) is 1. The summed E-state index contributed by atoms with van der Waals surface area (Å²) in [6.07, 6.45) is 3.86. The molecule has 5 heteroatoms. The van der Waals surface area contributed by atoms with Crippen molar-refractivity contribution in [2.45, 2.75) is 6.04 Å². The summed E-state index contributed by atoms with van der Waals surface area (Å²) < 4.78 is 1.95. The molecule has 0 bridgehead atoms. The number of nitrogens with zero attached hydrogens (tertiary/aromatic N) is 3. The number of hydrazine groups is 1. The number of amides is 1. The maximum atomic E-state index is 12.8. The van der Waals surface area contributed by atoms with E-state index in [9.17, 15) is 4.79 Å².